The maximum absolute atomic E-state index is 12.6. The van der Waals surface area contributed by atoms with Crippen LogP contribution in [-0.2, 0) is 4.79 Å². The molecule has 1 aliphatic heterocycles. The number of halogens is 2. The van der Waals surface area contributed by atoms with Crippen LogP contribution in [0.25, 0.3) is 0 Å². The Morgan fingerprint density at radius 1 is 1.16 bits per heavy atom. The lowest BCUT2D eigenvalue weighted by Gasteiger charge is -2.34. The minimum atomic E-state index is -0.203. The molecule has 0 aliphatic carbocycles. The van der Waals surface area contributed by atoms with E-state index in [4.69, 9.17) is 23.2 Å². The Labute approximate surface area is 156 Å². The highest BCUT2D eigenvalue weighted by Gasteiger charge is 2.30. The second-order valence-electron chi connectivity index (χ2n) is 6.00. The molecule has 3 rings (SSSR count). The first-order valence-electron chi connectivity index (χ1n) is 8.17. The minimum Gasteiger partial charge on any atom is -0.330 e. The van der Waals surface area contributed by atoms with Gasteiger partial charge in [-0.25, -0.2) is 9.97 Å². The number of anilines is 2. The summed E-state index contributed by atoms with van der Waals surface area (Å²) in [5.41, 5.74) is 0.471. The Morgan fingerprint density at radius 3 is 2.36 bits per heavy atom. The van der Waals surface area contributed by atoms with E-state index in [1.54, 1.807) is 36.7 Å². The highest BCUT2D eigenvalue weighted by atomic mass is 35.5. The van der Waals surface area contributed by atoms with E-state index < -0.39 is 0 Å². The van der Waals surface area contributed by atoms with Crippen molar-refractivity contribution >= 4 is 40.7 Å². The molecule has 2 aromatic rings. The average molecular weight is 381 g/mol. The van der Waals surface area contributed by atoms with Gasteiger partial charge in [-0.2, -0.15) is 0 Å². The largest absolute Gasteiger partial charge is 0.330 e. The molecular formula is C17H20Cl2N5O+. The number of nitrogens with one attached hydrogen (secondary N) is 2. The molecule has 6 nitrogen and oxygen atoms in total. The van der Waals surface area contributed by atoms with Gasteiger partial charge in [0.05, 0.1) is 41.9 Å². The predicted molar refractivity (Wildman–Crippen MR) is 99.5 cm³/mol. The van der Waals surface area contributed by atoms with Crippen LogP contribution in [0.2, 0.25) is 10.0 Å². The van der Waals surface area contributed by atoms with Crippen LogP contribution in [-0.4, -0.2) is 48.1 Å². The first-order valence-corrected chi connectivity index (χ1v) is 8.93. The summed E-state index contributed by atoms with van der Waals surface area (Å²) in [7, 11) is 0. The summed E-state index contributed by atoms with van der Waals surface area (Å²) in [5, 5.41) is 3.73. The van der Waals surface area contributed by atoms with Crippen molar-refractivity contribution in [3.8, 4) is 0 Å². The van der Waals surface area contributed by atoms with Crippen LogP contribution in [0, 0.1) is 0 Å². The molecule has 132 valence electrons. The van der Waals surface area contributed by atoms with Gasteiger partial charge in [0.2, 0.25) is 5.95 Å². The smallest absolute Gasteiger partial charge is 0.282 e. The van der Waals surface area contributed by atoms with Crippen molar-refractivity contribution in [2.24, 2.45) is 0 Å². The standard InChI is InChI=1S/C17H19Cl2N5O/c1-12(16(25)22-15-13(18)4-2-5-14(15)19)23-8-10-24(11-9-23)17-20-6-3-7-21-17/h2-7,12H,8-11H2,1H3,(H,22,25)/p+1/t12-/m0/s1. The molecule has 1 aromatic carbocycles. The number of benzene rings is 1. The number of para-hydroxylation sites is 1. The average Bonchev–Trinajstić information content (AvgIpc) is 2.65. The number of quaternary nitrogens is 1. The molecule has 0 radical (unpaired) electrons. The number of aromatic nitrogens is 2. The number of carbonyl (C=O) groups excluding carboxylic acids is 1. The lowest BCUT2D eigenvalue weighted by Crippen LogP contribution is -3.19. The van der Waals surface area contributed by atoms with Crippen molar-refractivity contribution in [3.05, 3.63) is 46.7 Å². The van der Waals surface area contributed by atoms with Crippen LogP contribution in [0.4, 0.5) is 11.6 Å². The summed E-state index contributed by atoms with van der Waals surface area (Å²) >= 11 is 12.2. The Morgan fingerprint density at radius 2 is 1.76 bits per heavy atom. The van der Waals surface area contributed by atoms with Gasteiger partial charge in [0, 0.05) is 12.4 Å². The van der Waals surface area contributed by atoms with Gasteiger partial charge < -0.3 is 15.1 Å². The lowest BCUT2D eigenvalue weighted by molar-refractivity contribution is -0.914. The molecular weight excluding hydrogens is 361 g/mol. The Hall–Kier alpha value is -1.89. The van der Waals surface area contributed by atoms with E-state index in [9.17, 15) is 4.79 Å². The summed E-state index contributed by atoms with van der Waals surface area (Å²) in [6.07, 6.45) is 3.48. The molecule has 0 bridgehead atoms. The highest BCUT2D eigenvalue weighted by molar-refractivity contribution is 6.39. The van der Waals surface area contributed by atoms with Crippen LogP contribution in [0.3, 0.4) is 0 Å². The zero-order valence-electron chi connectivity index (χ0n) is 13.9. The molecule has 2 N–H and O–H groups in total. The van der Waals surface area contributed by atoms with Crippen LogP contribution in [0.5, 0.6) is 0 Å². The van der Waals surface area contributed by atoms with Gasteiger partial charge in [0.15, 0.2) is 6.04 Å². The Bertz CT molecular complexity index is 715. The van der Waals surface area contributed by atoms with E-state index in [0.717, 1.165) is 32.1 Å². The zero-order chi connectivity index (χ0) is 17.8. The number of piperazine rings is 1. The van der Waals surface area contributed by atoms with Gasteiger partial charge in [-0.15, -0.1) is 0 Å². The molecule has 2 heterocycles. The maximum Gasteiger partial charge on any atom is 0.282 e. The second-order valence-corrected chi connectivity index (χ2v) is 6.82. The van der Waals surface area contributed by atoms with E-state index >= 15 is 0 Å². The monoisotopic (exact) mass is 380 g/mol. The van der Waals surface area contributed by atoms with Gasteiger partial charge in [0.1, 0.15) is 0 Å². The summed E-state index contributed by atoms with van der Waals surface area (Å²) in [4.78, 5) is 24.5. The summed E-state index contributed by atoms with van der Waals surface area (Å²) in [6.45, 7) is 5.21. The van der Waals surface area contributed by atoms with Crippen LogP contribution < -0.4 is 15.1 Å². The van der Waals surface area contributed by atoms with E-state index in [0.29, 0.717) is 15.7 Å². The molecule has 0 saturated carbocycles. The third-order valence-corrected chi connectivity index (χ3v) is 5.09. The highest BCUT2D eigenvalue weighted by Crippen LogP contribution is 2.29. The van der Waals surface area contributed by atoms with Crippen molar-refractivity contribution < 1.29 is 9.69 Å². The van der Waals surface area contributed by atoms with Crippen molar-refractivity contribution in [1.29, 1.82) is 0 Å². The lowest BCUT2D eigenvalue weighted by atomic mass is 10.2. The molecule has 1 atom stereocenters. The minimum absolute atomic E-state index is 0.0885. The molecule has 8 heteroatoms. The number of carbonyl (C=O) groups is 1. The third kappa shape index (κ3) is 4.21. The van der Waals surface area contributed by atoms with E-state index in [2.05, 4.69) is 20.2 Å². The molecule has 0 spiro atoms. The Kier molecular flexibility index (Phi) is 5.73. The first kappa shape index (κ1) is 17.9. The molecule has 0 unspecified atom stereocenters. The fourth-order valence-corrected chi connectivity index (χ4v) is 3.41. The van der Waals surface area contributed by atoms with Crippen molar-refractivity contribution in [1.82, 2.24) is 9.97 Å². The summed E-state index contributed by atoms with van der Waals surface area (Å²) in [5.74, 6) is 0.649. The fraction of sp³-hybridized carbons (Fsp3) is 0.353. The molecule has 1 aliphatic rings. The molecule has 1 aromatic heterocycles. The Balaban J connectivity index is 1.59. The SMILES string of the molecule is C[C@@H](C(=O)Nc1c(Cl)cccc1Cl)[NH+]1CCN(c2ncccn2)CC1. The van der Waals surface area contributed by atoms with Crippen LogP contribution in [0.1, 0.15) is 6.92 Å². The molecule has 1 amide bonds. The molecule has 1 saturated heterocycles. The van der Waals surface area contributed by atoms with E-state index in [-0.39, 0.29) is 11.9 Å². The number of rotatable bonds is 4. The number of hydrogen-bond acceptors (Lipinski definition) is 4. The number of hydrogen-bond donors (Lipinski definition) is 2. The number of nitrogens with zero attached hydrogens (tertiary/aromatic N) is 3. The zero-order valence-corrected chi connectivity index (χ0v) is 15.4. The van der Waals surface area contributed by atoms with Gasteiger partial charge in [0.25, 0.3) is 5.91 Å². The topological polar surface area (TPSA) is 62.6 Å². The number of amides is 1. The van der Waals surface area contributed by atoms with Gasteiger partial charge in [-0.05, 0) is 25.1 Å². The van der Waals surface area contributed by atoms with Crippen LogP contribution >= 0.6 is 23.2 Å². The third-order valence-electron chi connectivity index (χ3n) is 4.46. The summed E-state index contributed by atoms with van der Waals surface area (Å²) < 4.78 is 0. The summed E-state index contributed by atoms with van der Waals surface area (Å²) in [6, 6.07) is 6.77. The predicted octanol–water partition coefficient (Wildman–Crippen LogP) is 1.52. The second kappa shape index (κ2) is 7.99. The van der Waals surface area contributed by atoms with Crippen molar-refractivity contribution in [2.45, 2.75) is 13.0 Å². The molecule has 1 fully saturated rings. The fourth-order valence-electron chi connectivity index (χ4n) is 2.92. The molecule has 25 heavy (non-hydrogen) atoms. The normalized spacial score (nSPS) is 16.5. The maximum atomic E-state index is 12.6. The van der Waals surface area contributed by atoms with Gasteiger partial charge in [-0.1, -0.05) is 29.3 Å². The van der Waals surface area contributed by atoms with Crippen molar-refractivity contribution in [3.63, 3.8) is 0 Å². The van der Waals surface area contributed by atoms with Crippen molar-refractivity contribution in [2.75, 3.05) is 36.4 Å². The quantitative estimate of drug-likeness (QED) is 0.843. The van der Waals surface area contributed by atoms with Gasteiger partial charge in [-0.3, -0.25) is 4.79 Å². The van der Waals surface area contributed by atoms with E-state index in [1.807, 2.05) is 6.92 Å². The first-order chi connectivity index (χ1) is 12.1. The van der Waals surface area contributed by atoms with E-state index in [1.165, 1.54) is 4.90 Å². The van der Waals surface area contributed by atoms with Gasteiger partial charge >= 0.3 is 0 Å². The van der Waals surface area contributed by atoms with Crippen LogP contribution in [0.15, 0.2) is 36.7 Å².